The van der Waals surface area contributed by atoms with Crippen LogP contribution in [0, 0.1) is 0 Å². The predicted molar refractivity (Wildman–Crippen MR) is 99.9 cm³/mol. The predicted octanol–water partition coefficient (Wildman–Crippen LogP) is 1.25. The summed E-state index contributed by atoms with van der Waals surface area (Å²) in [5.74, 6) is -1.30. The standard InChI is InChI=1S/C17H29NO9S/c1-7-10-25-16(21)18(11-15(20)24-5)13(12-26-28(6,22)23)8-9-14(19)27-17(2,3)4/h7,13H,1,8-12H2,2-6H3/t13-/m0/s1. The van der Waals surface area contributed by atoms with E-state index in [1.165, 1.54) is 6.08 Å². The maximum absolute atomic E-state index is 12.3. The van der Waals surface area contributed by atoms with E-state index in [-0.39, 0.29) is 19.4 Å². The second kappa shape index (κ2) is 11.6. The van der Waals surface area contributed by atoms with Gasteiger partial charge in [0.25, 0.3) is 10.1 Å². The summed E-state index contributed by atoms with van der Waals surface area (Å²) in [6, 6.07) is -0.960. The Morgan fingerprint density at radius 2 is 1.79 bits per heavy atom. The van der Waals surface area contributed by atoms with E-state index in [2.05, 4.69) is 11.3 Å². The molecule has 0 aromatic carbocycles. The molecule has 0 N–H and O–H groups in total. The Morgan fingerprint density at radius 1 is 1.18 bits per heavy atom. The highest BCUT2D eigenvalue weighted by molar-refractivity contribution is 7.85. The van der Waals surface area contributed by atoms with Crippen molar-refractivity contribution in [2.45, 2.75) is 45.3 Å². The second-order valence-electron chi connectivity index (χ2n) is 6.84. The molecule has 28 heavy (non-hydrogen) atoms. The highest BCUT2D eigenvalue weighted by Crippen LogP contribution is 2.15. The number of carbonyl (C=O) groups is 3. The maximum Gasteiger partial charge on any atom is 0.410 e. The number of methoxy groups -OCH3 is 1. The van der Waals surface area contributed by atoms with Gasteiger partial charge in [0.1, 0.15) is 18.8 Å². The normalized spacial score (nSPS) is 12.6. The zero-order valence-corrected chi connectivity index (χ0v) is 17.7. The van der Waals surface area contributed by atoms with Crippen LogP contribution in [0.5, 0.6) is 0 Å². The molecule has 0 aromatic rings. The topological polar surface area (TPSA) is 126 Å². The van der Waals surface area contributed by atoms with E-state index >= 15 is 0 Å². The third-order valence-electron chi connectivity index (χ3n) is 3.10. The molecular formula is C17H29NO9S. The fourth-order valence-corrected chi connectivity index (χ4v) is 2.37. The summed E-state index contributed by atoms with van der Waals surface area (Å²) in [5.41, 5.74) is -0.704. The first kappa shape index (κ1) is 25.9. The van der Waals surface area contributed by atoms with Crippen molar-refractivity contribution in [2.24, 2.45) is 0 Å². The lowest BCUT2D eigenvalue weighted by Crippen LogP contribution is -2.47. The lowest BCUT2D eigenvalue weighted by molar-refractivity contribution is -0.155. The molecule has 0 aliphatic carbocycles. The smallest absolute Gasteiger partial charge is 0.410 e. The minimum Gasteiger partial charge on any atom is -0.468 e. The van der Waals surface area contributed by atoms with E-state index in [1.807, 2.05) is 0 Å². The summed E-state index contributed by atoms with van der Waals surface area (Å²) in [7, 11) is -2.69. The summed E-state index contributed by atoms with van der Waals surface area (Å²) in [4.78, 5) is 36.9. The Morgan fingerprint density at radius 3 is 2.25 bits per heavy atom. The summed E-state index contributed by atoms with van der Waals surface area (Å²) >= 11 is 0. The van der Waals surface area contributed by atoms with Gasteiger partial charge in [-0.2, -0.15) is 8.42 Å². The van der Waals surface area contributed by atoms with Gasteiger partial charge in [0.15, 0.2) is 0 Å². The number of hydrogen-bond acceptors (Lipinski definition) is 9. The average molecular weight is 423 g/mol. The first-order valence-electron chi connectivity index (χ1n) is 8.46. The molecule has 1 atom stereocenters. The van der Waals surface area contributed by atoms with Gasteiger partial charge in [-0.25, -0.2) is 4.79 Å². The van der Waals surface area contributed by atoms with E-state index in [1.54, 1.807) is 20.8 Å². The molecule has 0 rings (SSSR count). The van der Waals surface area contributed by atoms with E-state index < -0.39 is 52.9 Å². The molecule has 162 valence electrons. The third-order valence-corrected chi connectivity index (χ3v) is 3.67. The van der Waals surface area contributed by atoms with E-state index in [9.17, 15) is 22.8 Å². The van der Waals surface area contributed by atoms with Gasteiger partial charge in [-0.05, 0) is 27.2 Å². The van der Waals surface area contributed by atoms with Crippen molar-refractivity contribution in [3.05, 3.63) is 12.7 Å². The molecule has 1 amide bonds. The van der Waals surface area contributed by atoms with Crippen LogP contribution in [0.4, 0.5) is 4.79 Å². The van der Waals surface area contributed by atoms with Crippen LogP contribution in [-0.2, 0) is 38.1 Å². The minimum atomic E-state index is -3.82. The summed E-state index contributed by atoms with van der Waals surface area (Å²) in [6.45, 7) is 7.41. The Hall–Kier alpha value is -2.14. The van der Waals surface area contributed by atoms with Gasteiger partial charge >= 0.3 is 18.0 Å². The molecule has 0 radical (unpaired) electrons. The van der Waals surface area contributed by atoms with Crippen molar-refractivity contribution in [1.29, 1.82) is 0 Å². The summed E-state index contributed by atoms with van der Waals surface area (Å²) in [6.07, 6.45) is 1.11. The molecule has 0 heterocycles. The highest BCUT2D eigenvalue weighted by Gasteiger charge is 2.30. The second-order valence-corrected chi connectivity index (χ2v) is 8.48. The lowest BCUT2D eigenvalue weighted by Gasteiger charge is -2.29. The molecule has 0 spiro atoms. The monoisotopic (exact) mass is 423 g/mol. The van der Waals surface area contributed by atoms with Crippen LogP contribution in [0.1, 0.15) is 33.6 Å². The number of amides is 1. The molecule has 11 heteroatoms. The molecule has 0 aliphatic rings. The van der Waals surface area contributed by atoms with Gasteiger partial charge < -0.3 is 14.2 Å². The lowest BCUT2D eigenvalue weighted by atomic mass is 10.1. The van der Waals surface area contributed by atoms with Crippen molar-refractivity contribution in [3.63, 3.8) is 0 Å². The molecule has 0 fully saturated rings. The van der Waals surface area contributed by atoms with Crippen molar-refractivity contribution in [1.82, 2.24) is 4.90 Å². The first-order chi connectivity index (χ1) is 12.8. The number of carbonyl (C=O) groups excluding carboxylic acids is 3. The van der Waals surface area contributed by atoms with E-state index in [0.717, 1.165) is 18.3 Å². The number of ether oxygens (including phenoxy) is 3. The Bertz CT molecular complexity index is 652. The number of rotatable bonds is 11. The quantitative estimate of drug-likeness (QED) is 0.209. The zero-order valence-electron chi connectivity index (χ0n) is 16.9. The van der Waals surface area contributed by atoms with Crippen molar-refractivity contribution < 1.29 is 41.2 Å². The van der Waals surface area contributed by atoms with Crippen molar-refractivity contribution >= 4 is 28.1 Å². The summed E-state index contributed by atoms with van der Waals surface area (Å²) in [5, 5.41) is 0. The Balaban J connectivity index is 5.43. The molecule has 0 aliphatic heterocycles. The van der Waals surface area contributed by atoms with Crippen molar-refractivity contribution in [2.75, 3.05) is 33.1 Å². The van der Waals surface area contributed by atoms with Crippen molar-refractivity contribution in [3.8, 4) is 0 Å². The maximum atomic E-state index is 12.3. The largest absolute Gasteiger partial charge is 0.468 e. The minimum absolute atomic E-state index is 0.0232. The van der Waals surface area contributed by atoms with Gasteiger partial charge in [0, 0.05) is 6.42 Å². The van der Waals surface area contributed by atoms with E-state index in [0.29, 0.717) is 0 Å². The van der Waals surface area contributed by atoms with Crippen LogP contribution in [0.15, 0.2) is 12.7 Å². The molecule has 0 aromatic heterocycles. The van der Waals surface area contributed by atoms with Gasteiger partial charge in [-0.15, -0.1) is 0 Å². The first-order valence-corrected chi connectivity index (χ1v) is 10.3. The van der Waals surface area contributed by atoms with Crippen LogP contribution in [-0.4, -0.2) is 76.1 Å². The number of nitrogens with zero attached hydrogens (tertiary/aromatic N) is 1. The molecule has 10 nitrogen and oxygen atoms in total. The Labute approximate surface area is 165 Å². The highest BCUT2D eigenvalue weighted by atomic mass is 32.2. The Kier molecular flexibility index (Phi) is 10.8. The molecule has 0 bridgehead atoms. The van der Waals surface area contributed by atoms with Gasteiger partial charge in [0.2, 0.25) is 0 Å². The van der Waals surface area contributed by atoms with Crippen LogP contribution in [0.25, 0.3) is 0 Å². The summed E-state index contributed by atoms with van der Waals surface area (Å²) < 4.78 is 42.2. The van der Waals surface area contributed by atoms with Crippen LogP contribution < -0.4 is 0 Å². The molecular weight excluding hydrogens is 394 g/mol. The molecule has 0 unspecified atom stereocenters. The fourth-order valence-electron chi connectivity index (χ4n) is 1.97. The number of hydrogen-bond donors (Lipinski definition) is 0. The fraction of sp³-hybridized carbons (Fsp3) is 0.706. The van der Waals surface area contributed by atoms with Gasteiger partial charge in [-0.3, -0.25) is 18.7 Å². The molecule has 0 saturated heterocycles. The third kappa shape index (κ3) is 12.3. The average Bonchev–Trinajstić information content (AvgIpc) is 2.55. The van der Waals surface area contributed by atoms with Gasteiger partial charge in [-0.1, -0.05) is 12.7 Å². The zero-order chi connectivity index (χ0) is 22.0. The molecule has 0 saturated carbocycles. The van der Waals surface area contributed by atoms with Crippen LogP contribution in [0.2, 0.25) is 0 Å². The van der Waals surface area contributed by atoms with E-state index in [4.69, 9.17) is 13.7 Å². The van der Waals surface area contributed by atoms with Crippen LogP contribution in [0.3, 0.4) is 0 Å². The van der Waals surface area contributed by atoms with Gasteiger partial charge in [0.05, 0.1) is 26.0 Å². The van der Waals surface area contributed by atoms with Crippen LogP contribution >= 0.6 is 0 Å². The SMILES string of the molecule is C=CCOC(=O)N(CC(=O)OC)[C@@H](CCC(=O)OC(C)(C)C)COS(C)(=O)=O. The number of esters is 2.